The van der Waals surface area contributed by atoms with E-state index in [0.717, 1.165) is 5.69 Å². The Hall–Kier alpha value is -2.26. The van der Waals surface area contributed by atoms with Gasteiger partial charge in [0.15, 0.2) is 0 Å². The van der Waals surface area contributed by atoms with Gasteiger partial charge in [0.05, 0.1) is 24.5 Å². The number of amides is 1. The topological polar surface area (TPSA) is 97.2 Å². The molecule has 0 aromatic carbocycles. The van der Waals surface area contributed by atoms with Crippen molar-refractivity contribution in [2.24, 2.45) is 0 Å². The first-order chi connectivity index (χ1) is 11.4. The largest absolute Gasteiger partial charge is 0.345 e. The molecule has 9 heteroatoms. The molecule has 1 aliphatic heterocycles. The summed E-state index contributed by atoms with van der Waals surface area (Å²) in [6.07, 6.45) is 4.51. The molecule has 3 rings (SSSR count). The predicted molar refractivity (Wildman–Crippen MR) is 87.6 cm³/mol. The first-order valence-electron chi connectivity index (χ1n) is 7.58. The Kier molecular flexibility index (Phi) is 4.37. The summed E-state index contributed by atoms with van der Waals surface area (Å²) < 4.78 is 26.8. The van der Waals surface area contributed by atoms with Crippen LogP contribution in [0.25, 0.3) is 0 Å². The van der Waals surface area contributed by atoms with E-state index < -0.39 is 16.1 Å². The zero-order valence-electron chi connectivity index (χ0n) is 13.5. The molecule has 1 unspecified atom stereocenters. The standard InChI is InChI=1S/C15H19N5O3S/c1-11-14-18-13(10-19(14)7-8-20(11)24(2,22)23)15(21)17-9-12-5-3-4-6-16-12/h3-6,10-11H,7-9H2,1-2H3,(H,17,21). The third-order valence-electron chi connectivity index (χ3n) is 3.99. The van der Waals surface area contributed by atoms with Crippen LogP contribution in [0.5, 0.6) is 0 Å². The number of nitrogens with zero attached hydrogens (tertiary/aromatic N) is 4. The fraction of sp³-hybridized carbons (Fsp3) is 0.400. The van der Waals surface area contributed by atoms with Crippen LogP contribution in [0.3, 0.4) is 0 Å². The van der Waals surface area contributed by atoms with Crippen molar-refractivity contribution >= 4 is 15.9 Å². The fourth-order valence-corrected chi connectivity index (χ4v) is 3.88. The van der Waals surface area contributed by atoms with Crippen molar-refractivity contribution in [3.8, 4) is 0 Å². The van der Waals surface area contributed by atoms with E-state index in [9.17, 15) is 13.2 Å². The van der Waals surface area contributed by atoms with E-state index in [1.165, 1.54) is 10.6 Å². The highest BCUT2D eigenvalue weighted by molar-refractivity contribution is 7.88. The minimum absolute atomic E-state index is 0.281. The number of hydrogen-bond donors (Lipinski definition) is 1. The van der Waals surface area contributed by atoms with Crippen LogP contribution in [0, 0.1) is 0 Å². The van der Waals surface area contributed by atoms with Gasteiger partial charge in [0.2, 0.25) is 10.0 Å². The van der Waals surface area contributed by atoms with Crippen molar-refractivity contribution in [3.05, 3.63) is 47.8 Å². The first kappa shape index (κ1) is 16.6. The minimum atomic E-state index is -3.30. The summed E-state index contributed by atoms with van der Waals surface area (Å²) in [7, 11) is -3.30. The van der Waals surface area contributed by atoms with Crippen molar-refractivity contribution in [1.82, 2.24) is 24.2 Å². The number of pyridine rings is 1. The number of fused-ring (bicyclic) bond motifs is 1. The van der Waals surface area contributed by atoms with Gasteiger partial charge in [-0.15, -0.1) is 0 Å². The Morgan fingerprint density at radius 2 is 2.17 bits per heavy atom. The Balaban J connectivity index is 1.74. The number of nitrogens with one attached hydrogen (secondary N) is 1. The van der Waals surface area contributed by atoms with E-state index in [1.54, 1.807) is 19.3 Å². The molecule has 3 heterocycles. The Morgan fingerprint density at radius 1 is 1.38 bits per heavy atom. The van der Waals surface area contributed by atoms with E-state index in [-0.39, 0.29) is 11.6 Å². The quantitative estimate of drug-likeness (QED) is 0.869. The maximum atomic E-state index is 12.3. The average molecular weight is 349 g/mol. The number of imidazole rings is 1. The molecule has 1 N–H and O–H groups in total. The zero-order valence-corrected chi connectivity index (χ0v) is 14.3. The molecular formula is C15H19N5O3S. The van der Waals surface area contributed by atoms with Crippen LogP contribution in [-0.2, 0) is 23.1 Å². The number of hydrogen-bond acceptors (Lipinski definition) is 5. The van der Waals surface area contributed by atoms with Gasteiger partial charge in [0, 0.05) is 25.5 Å². The van der Waals surface area contributed by atoms with E-state index in [4.69, 9.17) is 0 Å². The van der Waals surface area contributed by atoms with Gasteiger partial charge in [-0.05, 0) is 19.1 Å². The lowest BCUT2D eigenvalue weighted by Gasteiger charge is -2.31. The summed E-state index contributed by atoms with van der Waals surface area (Å²) in [5, 5.41) is 2.77. The van der Waals surface area contributed by atoms with E-state index in [1.807, 2.05) is 22.8 Å². The maximum Gasteiger partial charge on any atom is 0.271 e. The summed E-state index contributed by atoms with van der Waals surface area (Å²) in [6.45, 7) is 2.94. The Bertz CT molecular complexity index is 847. The zero-order chi connectivity index (χ0) is 17.3. The molecule has 0 aliphatic carbocycles. The number of carbonyl (C=O) groups is 1. The molecule has 2 aromatic heterocycles. The van der Waals surface area contributed by atoms with E-state index in [0.29, 0.717) is 25.5 Å². The lowest BCUT2D eigenvalue weighted by atomic mass is 10.2. The second-order valence-electron chi connectivity index (χ2n) is 5.73. The summed E-state index contributed by atoms with van der Waals surface area (Å²) >= 11 is 0. The number of rotatable bonds is 4. The van der Waals surface area contributed by atoms with E-state index in [2.05, 4.69) is 15.3 Å². The number of carbonyl (C=O) groups excluding carboxylic acids is 1. The van der Waals surface area contributed by atoms with Gasteiger partial charge in [-0.25, -0.2) is 13.4 Å². The molecule has 2 aromatic rings. The molecule has 1 aliphatic rings. The van der Waals surface area contributed by atoms with Crippen LogP contribution < -0.4 is 5.32 Å². The van der Waals surface area contributed by atoms with Crippen molar-refractivity contribution in [3.63, 3.8) is 0 Å². The van der Waals surface area contributed by atoms with Gasteiger partial charge in [-0.3, -0.25) is 9.78 Å². The highest BCUT2D eigenvalue weighted by Crippen LogP contribution is 2.26. The molecule has 0 radical (unpaired) electrons. The average Bonchev–Trinajstić information content (AvgIpc) is 2.98. The van der Waals surface area contributed by atoms with Gasteiger partial charge in [0.25, 0.3) is 5.91 Å². The molecule has 0 saturated carbocycles. The lowest BCUT2D eigenvalue weighted by Crippen LogP contribution is -2.40. The minimum Gasteiger partial charge on any atom is -0.345 e. The van der Waals surface area contributed by atoms with Crippen molar-refractivity contribution in [2.75, 3.05) is 12.8 Å². The maximum absolute atomic E-state index is 12.3. The third kappa shape index (κ3) is 3.31. The smallest absolute Gasteiger partial charge is 0.271 e. The normalized spacial score (nSPS) is 18.2. The van der Waals surface area contributed by atoms with Crippen LogP contribution in [0.2, 0.25) is 0 Å². The molecule has 24 heavy (non-hydrogen) atoms. The number of aromatic nitrogens is 3. The van der Waals surface area contributed by atoms with Gasteiger partial charge in [-0.1, -0.05) is 6.07 Å². The van der Waals surface area contributed by atoms with Crippen LogP contribution in [0.15, 0.2) is 30.6 Å². The van der Waals surface area contributed by atoms with E-state index >= 15 is 0 Å². The van der Waals surface area contributed by atoms with Crippen molar-refractivity contribution in [2.45, 2.75) is 26.1 Å². The number of sulfonamides is 1. The van der Waals surface area contributed by atoms with Gasteiger partial charge in [0.1, 0.15) is 11.5 Å². The Morgan fingerprint density at radius 3 is 2.83 bits per heavy atom. The van der Waals surface area contributed by atoms with Gasteiger partial charge >= 0.3 is 0 Å². The van der Waals surface area contributed by atoms with Gasteiger partial charge < -0.3 is 9.88 Å². The summed E-state index contributed by atoms with van der Waals surface area (Å²) in [5.41, 5.74) is 1.04. The molecule has 1 atom stereocenters. The van der Waals surface area contributed by atoms with Gasteiger partial charge in [-0.2, -0.15) is 4.31 Å². The molecule has 1 amide bonds. The molecule has 0 saturated heterocycles. The first-order valence-corrected chi connectivity index (χ1v) is 9.43. The molecule has 128 valence electrons. The summed E-state index contributed by atoms with van der Waals surface area (Å²) in [6, 6.07) is 5.09. The lowest BCUT2D eigenvalue weighted by molar-refractivity contribution is 0.0945. The second-order valence-corrected chi connectivity index (χ2v) is 7.67. The van der Waals surface area contributed by atoms with Crippen LogP contribution >= 0.6 is 0 Å². The van der Waals surface area contributed by atoms with Crippen LogP contribution in [0.1, 0.15) is 35.0 Å². The summed E-state index contributed by atoms with van der Waals surface area (Å²) in [4.78, 5) is 20.8. The molecule has 0 spiro atoms. The SMILES string of the molecule is CC1c2nc(C(=O)NCc3ccccn3)cn2CCN1S(C)(=O)=O. The highest BCUT2D eigenvalue weighted by atomic mass is 32.2. The highest BCUT2D eigenvalue weighted by Gasteiger charge is 2.32. The fourth-order valence-electron chi connectivity index (χ4n) is 2.80. The predicted octanol–water partition coefficient (Wildman–Crippen LogP) is 0.544. The van der Waals surface area contributed by atoms with Crippen LogP contribution in [-0.4, -0.2) is 46.0 Å². The monoisotopic (exact) mass is 349 g/mol. The third-order valence-corrected chi connectivity index (χ3v) is 5.34. The molecule has 0 bridgehead atoms. The molecule has 8 nitrogen and oxygen atoms in total. The van der Waals surface area contributed by atoms with Crippen molar-refractivity contribution in [1.29, 1.82) is 0 Å². The second kappa shape index (κ2) is 6.33. The Labute approximate surface area is 140 Å². The van der Waals surface area contributed by atoms with Crippen LogP contribution in [0.4, 0.5) is 0 Å². The van der Waals surface area contributed by atoms with Crippen molar-refractivity contribution < 1.29 is 13.2 Å². The molecule has 0 fully saturated rings. The summed E-state index contributed by atoms with van der Waals surface area (Å²) in [5.74, 6) is 0.273. The molecular weight excluding hydrogens is 330 g/mol.